The summed E-state index contributed by atoms with van der Waals surface area (Å²) < 4.78 is 0. The average Bonchev–Trinajstić information content (AvgIpc) is 2.99. The van der Waals surface area contributed by atoms with Crippen LogP contribution < -0.4 is 10.6 Å². The Balaban J connectivity index is 1.85. The van der Waals surface area contributed by atoms with E-state index in [2.05, 4.69) is 17.6 Å². The zero-order valence-corrected chi connectivity index (χ0v) is 15.1. The van der Waals surface area contributed by atoms with Gasteiger partial charge in [-0.25, -0.2) is 4.79 Å². The lowest BCUT2D eigenvalue weighted by Crippen LogP contribution is -2.34. The third-order valence-corrected chi connectivity index (χ3v) is 5.02. The van der Waals surface area contributed by atoms with Gasteiger partial charge in [0, 0.05) is 31.4 Å². The number of hydrogen-bond donors (Lipinski definition) is 3. The molecule has 0 spiro atoms. The number of benzene rings is 1. The molecule has 1 saturated carbocycles. The topological polar surface area (TPSA) is 64.6 Å². The minimum atomic E-state index is -0.151. The number of aliphatic hydroxyl groups is 1. The standard InChI is InChI=1S/C19H31N3O2/c1-4-22(5-2)19(24)21-17-11-9-15(10-12-17)14(3)20-13-16-7-6-8-18(16)23/h9-12,14,16,18,20,23H,4-8,13H2,1-3H3,(H,21,24). The van der Waals surface area contributed by atoms with Gasteiger partial charge in [0.25, 0.3) is 0 Å². The van der Waals surface area contributed by atoms with Crippen LogP contribution in [0.5, 0.6) is 0 Å². The molecule has 3 atom stereocenters. The van der Waals surface area contributed by atoms with Gasteiger partial charge in [-0.3, -0.25) is 0 Å². The smallest absolute Gasteiger partial charge is 0.321 e. The highest BCUT2D eigenvalue weighted by Crippen LogP contribution is 2.25. The van der Waals surface area contributed by atoms with E-state index >= 15 is 0 Å². The van der Waals surface area contributed by atoms with Crippen molar-refractivity contribution in [3.8, 4) is 0 Å². The van der Waals surface area contributed by atoms with Gasteiger partial charge in [-0.1, -0.05) is 18.6 Å². The van der Waals surface area contributed by atoms with Crippen LogP contribution in [0.2, 0.25) is 0 Å². The van der Waals surface area contributed by atoms with Crippen LogP contribution in [0.4, 0.5) is 10.5 Å². The zero-order chi connectivity index (χ0) is 17.5. The van der Waals surface area contributed by atoms with Crippen molar-refractivity contribution in [1.29, 1.82) is 0 Å². The Morgan fingerprint density at radius 2 is 1.92 bits per heavy atom. The number of carbonyl (C=O) groups excluding carboxylic acids is 1. The van der Waals surface area contributed by atoms with E-state index in [4.69, 9.17) is 0 Å². The predicted octanol–water partition coefficient (Wildman–Crippen LogP) is 3.37. The average molecular weight is 333 g/mol. The maximum absolute atomic E-state index is 12.1. The molecule has 1 aliphatic carbocycles. The summed E-state index contributed by atoms with van der Waals surface area (Å²) in [5, 5.41) is 16.3. The molecule has 5 nitrogen and oxygen atoms in total. The molecule has 0 saturated heterocycles. The molecule has 3 N–H and O–H groups in total. The summed E-state index contributed by atoms with van der Waals surface area (Å²) in [7, 11) is 0. The maximum Gasteiger partial charge on any atom is 0.321 e. The van der Waals surface area contributed by atoms with Crippen LogP contribution in [0.3, 0.4) is 0 Å². The first-order chi connectivity index (χ1) is 11.5. The molecule has 1 aromatic carbocycles. The molecule has 24 heavy (non-hydrogen) atoms. The van der Waals surface area contributed by atoms with Crippen LogP contribution in [0, 0.1) is 5.92 Å². The third kappa shape index (κ3) is 4.95. The first kappa shape index (κ1) is 18.7. The van der Waals surface area contributed by atoms with E-state index in [1.54, 1.807) is 4.90 Å². The van der Waals surface area contributed by atoms with Crippen LogP contribution >= 0.6 is 0 Å². The normalized spacial score (nSPS) is 21.5. The summed E-state index contributed by atoms with van der Waals surface area (Å²) in [4.78, 5) is 13.8. The van der Waals surface area contributed by atoms with Crippen molar-refractivity contribution >= 4 is 11.7 Å². The van der Waals surface area contributed by atoms with E-state index in [1.165, 1.54) is 5.56 Å². The van der Waals surface area contributed by atoms with E-state index in [0.717, 1.165) is 31.5 Å². The lowest BCUT2D eigenvalue weighted by molar-refractivity contribution is 0.130. The molecule has 0 bridgehead atoms. The number of anilines is 1. The van der Waals surface area contributed by atoms with Gasteiger partial charge in [0.1, 0.15) is 0 Å². The van der Waals surface area contributed by atoms with E-state index in [-0.39, 0.29) is 18.2 Å². The van der Waals surface area contributed by atoms with Gasteiger partial charge in [-0.05, 0) is 57.2 Å². The molecule has 1 fully saturated rings. The number of rotatable bonds is 7. The van der Waals surface area contributed by atoms with Crippen LogP contribution in [-0.2, 0) is 0 Å². The van der Waals surface area contributed by atoms with Crippen LogP contribution in [0.1, 0.15) is 51.6 Å². The summed E-state index contributed by atoms with van der Waals surface area (Å²) in [6.07, 6.45) is 3.02. The summed E-state index contributed by atoms with van der Waals surface area (Å²) in [6.45, 7) is 8.33. The van der Waals surface area contributed by atoms with Gasteiger partial charge in [-0.15, -0.1) is 0 Å². The highest BCUT2D eigenvalue weighted by molar-refractivity contribution is 5.89. The first-order valence-corrected chi connectivity index (χ1v) is 9.12. The van der Waals surface area contributed by atoms with Gasteiger partial charge in [0.15, 0.2) is 0 Å². The number of carbonyl (C=O) groups is 1. The van der Waals surface area contributed by atoms with Crippen molar-refractivity contribution in [2.24, 2.45) is 5.92 Å². The van der Waals surface area contributed by atoms with Gasteiger partial charge in [-0.2, -0.15) is 0 Å². The van der Waals surface area contributed by atoms with E-state index < -0.39 is 0 Å². The lowest BCUT2D eigenvalue weighted by Gasteiger charge is -2.21. The molecule has 134 valence electrons. The molecule has 1 aliphatic rings. The molecule has 0 aromatic heterocycles. The second-order valence-electron chi connectivity index (χ2n) is 6.61. The minimum absolute atomic E-state index is 0.0610. The highest BCUT2D eigenvalue weighted by atomic mass is 16.3. The Hall–Kier alpha value is -1.59. The van der Waals surface area contributed by atoms with E-state index in [0.29, 0.717) is 19.0 Å². The Kier molecular flexibility index (Phi) is 7.06. The number of hydrogen-bond acceptors (Lipinski definition) is 3. The summed E-state index contributed by atoms with van der Waals surface area (Å²) in [6, 6.07) is 8.14. The molecular weight excluding hydrogens is 302 g/mol. The summed E-state index contributed by atoms with van der Waals surface area (Å²) in [5.41, 5.74) is 2.00. The quantitative estimate of drug-likeness (QED) is 0.717. The second kappa shape index (κ2) is 9.04. The molecule has 2 amide bonds. The number of aliphatic hydroxyl groups excluding tert-OH is 1. The van der Waals surface area contributed by atoms with Gasteiger partial charge < -0.3 is 20.6 Å². The Morgan fingerprint density at radius 1 is 1.25 bits per heavy atom. The molecular formula is C19H31N3O2. The molecule has 0 heterocycles. The van der Waals surface area contributed by atoms with Crippen molar-refractivity contribution in [3.05, 3.63) is 29.8 Å². The predicted molar refractivity (Wildman–Crippen MR) is 98.1 cm³/mol. The fraction of sp³-hybridized carbons (Fsp3) is 0.632. The highest BCUT2D eigenvalue weighted by Gasteiger charge is 2.25. The molecule has 0 aliphatic heterocycles. The van der Waals surface area contributed by atoms with E-state index in [9.17, 15) is 9.90 Å². The Morgan fingerprint density at radius 3 is 2.46 bits per heavy atom. The number of nitrogens with zero attached hydrogens (tertiary/aromatic N) is 1. The van der Waals surface area contributed by atoms with Crippen molar-refractivity contribution in [3.63, 3.8) is 0 Å². The van der Waals surface area contributed by atoms with Gasteiger partial charge >= 0.3 is 6.03 Å². The summed E-state index contributed by atoms with van der Waals surface area (Å²) in [5.74, 6) is 0.375. The molecule has 2 rings (SSSR count). The molecule has 1 aromatic rings. The van der Waals surface area contributed by atoms with Crippen LogP contribution in [0.15, 0.2) is 24.3 Å². The molecule has 5 heteroatoms. The monoisotopic (exact) mass is 333 g/mol. The fourth-order valence-corrected chi connectivity index (χ4v) is 3.27. The van der Waals surface area contributed by atoms with Crippen molar-refractivity contribution < 1.29 is 9.90 Å². The molecule has 0 radical (unpaired) electrons. The number of amides is 2. The lowest BCUT2D eigenvalue weighted by atomic mass is 10.0. The second-order valence-corrected chi connectivity index (χ2v) is 6.61. The van der Waals surface area contributed by atoms with Gasteiger partial charge in [0.05, 0.1) is 6.10 Å². The van der Waals surface area contributed by atoms with Gasteiger partial charge in [0.2, 0.25) is 0 Å². The van der Waals surface area contributed by atoms with Crippen molar-refractivity contribution in [2.45, 2.75) is 52.2 Å². The number of urea groups is 1. The van der Waals surface area contributed by atoms with Crippen molar-refractivity contribution in [2.75, 3.05) is 25.0 Å². The minimum Gasteiger partial charge on any atom is -0.393 e. The Labute approximate surface area is 145 Å². The Bertz CT molecular complexity index is 514. The first-order valence-electron chi connectivity index (χ1n) is 9.12. The maximum atomic E-state index is 12.1. The van der Waals surface area contributed by atoms with Crippen LogP contribution in [0.25, 0.3) is 0 Å². The van der Waals surface area contributed by atoms with Crippen molar-refractivity contribution in [1.82, 2.24) is 10.2 Å². The summed E-state index contributed by atoms with van der Waals surface area (Å²) >= 11 is 0. The third-order valence-electron chi connectivity index (χ3n) is 5.02. The largest absolute Gasteiger partial charge is 0.393 e. The van der Waals surface area contributed by atoms with Crippen LogP contribution in [-0.4, -0.2) is 41.8 Å². The number of nitrogens with one attached hydrogen (secondary N) is 2. The zero-order valence-electron chi connectivity index (χ0n) is 15.1. The fourth-order valence-electron chi connectivity index (χ4n) is 3.27. The van der Waals surface area contributed by atoms with E-state index in [1.807, 2.05) is 38.1 Å². The molecule has 3 unspecified atom stereocenters. The SMILES string of the molecule is CCN(CC)C(=O)Nc1ccc(C(C)NCC2CCCC2O)cc1.